The fourth-order valence-electron chi connectivity index (χ4n) is 1.85. The predicted octanol–water partition coefficient (Wildman–Crippen LogP) is 3.74. The normalized spacial score (nSPS) is 10.9. The SMILES string of the molecule is Cc1cc(OCc2n[nH]c(=S)o2)ccc1C(C)C. The van der Waals surface area contributed by atoms with E-state index in [-0.39, 0.29) is 11.4 Å². The van der Waals surface area contributed by atoms with Gasteiger partial charge in [0.25, 0.3) is 10.7 Å². The molecule has 0 radical (unpaired) electrons. The van der Waals surface area contributed by atoms with Gasteiger partial charge in [0, 0.05) is 0 Å². The second kappa shape index (κ2) is 5.35. The number of benzene rings is 1. The third-order valence-electron chi connectivity index (χ3n) is 2.71. The fraction of sp³-hybridized carbons (Fsp3) is 0.385. The second-order valence-corrected chi connectivity index (χ2v) is 4.84. The van der Waals surface area contributed by atoms with Crippen LogP contribution in [0.5, 0.6) is 5.75 Å². The first-order valence-corrected chi connectivity index (χ1v) is 6.25. The van der Waals surface area contributed by atoms with E-state index in [2.05, 4.69) is 37.0 Å². The van der Waals surface area contributed by atoms with Gasteiger partial charge in [0.15, 0.2) is 6.61 Å². The molecule has 0 aliphatic rings. The van der Waals surface area contributed by atoms with Crippen LogP contribution in [0, 0.1) is 11.8 Å². The van der Waals surface area contributed by atoms with Crippen molar-refractivity contribution in [3.63, 3.8) is 0 Å². The average Bonchev–Trinajstić information content (AvgIpc) is 2.72. The van der Waals surface area contributed by atoms with E-state index in [1.54, 1.807) is 0 Å². The fourth-order valence-corrected chi connectivity index (χ4v) is 2.00. The van der Waals surface area contributed by atoms with Gasteiger partial charge in [0.05, 0.1) is 0 Å². The maximum absolute atomic E-state index is 5.60. The molecule has 2 rings (SSSR count). The van der Waals surface area contributed by atoms with Crippen LogP contribution in [0.4, 0.5) is 0 Å². The molecular formula is C13H16N2O2S. The molecule has 0 amide bonds. The van der Waals surface area contributed by atoms with Crippen LogP contribution in [-0.2, 0) is 6.61 Å². The van der Waals surface area contributed by atoms with E-state index < -0.39 is 0 Å². The maximum Gasteiger partial charge on any atom is 0.284 e. The minimum absolute atomic E-state index is 0.264. The van der Waals surface area contributed by atoms with Crippen LogP contribution >= 0.6 is 12.2 Å². The highest BCUT2D eigenvalue weighted by Gasteiger charge is 2.06. The van der Waals surface area contributed by atoms with Crippen LogP contribution in [0.3, 0.4) is 0 Å². The Morgan fingerprint density at radius 3 is 2.78 bits per heavy atom. The summed E-state index contributed by atoms with van der Waals surface area (Å²) in [5.41, 5.74) is 2.56. The standard InChI is InChI=1S/C13H16N2O2S/c1-8(2)11-5-4-10(6-9(11)3)16-7-12-14-15-13(18)17-12/h4-6,8H,7H2,1-3H3,(H,15,18). The number of nitrogens with zero attached hydrogens (tertiary/aromatic N) is 1. The number of hydrogen-bond acceptors (Lipinski definition) is 4. The van der Waals surface area contributed by atoms with Crippen molar-refractivity contribution in [3.05, 3.63) is 40.1 Å². The van der Waals surface area contributed by atoms with Crippen LogP contribution in [0.1, 0.15) is 36.8 Å². The molecule has 5 heteroatoms. The zero-order valence-electron chi connectivity index (χ0n) is 10.7. The van der Waals surface area contributed by atoms with Crippen molar-refractivity contribution in [2.24, 2.45) is 0 Å². The van der Waals surface area contributed by atoms with Crippen molar-refractivity contribution in [3.8, 4) is 5.75 Å². The molecule has 0 saturated carbocycles. The smallest absolute Gasteiger partial charge is 0.284 e. The summed E-state index contributed by atoms with van der Waals surface area (Å²) in [6.45, 7) is 6.71. The lowest BCUT2D eigenvalue weighted by atomic mass is 9.98. The van der Waals surface area contributed by atoms with E-state index in [0.29, 0.717) is 11.8 Å². The minimum atomic E-state index is 0.264. The van der Waals surface area contributed by atoms with Gasteiger partial charge in [-0.3, -0.25) is 0 Å². The molecule has 0 bridgehead atoms. The van der Waals surface area contributed by atoms with Gasteiger partial charge in [-0.25, -0.2) is 5.10 Å². The number of H-pyrrole nitrogens is 1. The highest BCUT2D eigenvalue weighted by Crippen LogP contribution is 2.23. The molecule has 0 aliphatic carbocycles. The van der Waals surface area contributed by atoms with Crippen molar-refractivity contribution in [1.82, 2.24) is 10.2 Å². The first-order valence-electron chi connectivity index (χ1n) is 5.84. The zero-order chi connectivity index (χ0) is 13.1. The Hall–Kier alpha value is -1.62. The molecule has 0 saturated heterocycles. The Bertz CT molecular complexity index is 587. The molecular weight excluding hydrogens is 248 g/mol. The number of nitrogens with one attached hydrogen (secondary N) is 1. The van der Waals surface area contributed by atoms with E-state index >= 15 is 0 Å². The molecule has 2 aromatic rings. The number of ether oxygens (including phenoxy) is 1. The van der Waals surface area contributed by atoms with Gasteiger partial charge in [-0.2, -0.15) is 0 Å². The van der Waals surface area contributed by atoms with Crippen LogP contribution in [0.25, 0.3) is 0 Å². The summed E-state index contributed by atoms with van der Waals surface area (Å²) >= 11 is 4.79. The highest BCUT2D eigenvalue weighted by atomic mass is 32.1. The van der Waals surface area contributed by atoms with Crippen molar-refractivity contribution in [1.29, 1.82) is 0 Å². The Morgan fingerprint density at radius 2 is 2.22 bits per heavy atom. The molecule has 0 spiro atoms. The van der Waals surface area contributed by atoms with Gasteiger partial charge in [0.1, 0.15) is 5.75 Å². The lowest BCUT2D eigenvalue weighted by Crippen LogP contribution is -1.98. The quantitative estimate of drug-likeness (QED) is 0.855. The Morgan fingerprint density at radius 1 is 1.44 bits per heavy atom. The number of aromatic nitrogens is 2. The summed E-state index contributed by atoms with van der Waals surface area (Å²) in [4.78, 5) is 0.264. The summed E-state index contributed by atoms with van der Waals surface area (Å²) in [7, 11) is 0. The van der Waals surface area contributed by atoms with Gasteiger partial charge in [-0.1, -0.05) is 19.9 Å². The van der Waals surface area contributed by atoms with Gasteiger partial charge in [-0.05, 0) is 48.3 Å². The van der Waals surface area contributed by atoms with Crippen LogP contribution < -0.4 is 4.74 Å². The topological polar surface area (TPSA) is 51.0 Å². The van der Waals surface area contributed by atoms with Crippen molar-refractivity contribution < 1.29 is 9.15 Å². The predicted molar refractivity (Wildman–Crippen MR) is 71.3 cm³/mol. The largest absolute Gasteiger partial charge is 0.484 e. The molecule has 1 N–H and O–H groups in total. The number of rotatable bonds is 4. The van der Waals surface area contributed by atoms with Crippen LogP contribution in [0.2, 0.25) is 0 Å². The first kappa shape index (κ1) is 12.8. The molecule has 0 unspecified atom stereocenters. The number of aromatic amines is 1. The first-order chi connectivity index (χ1) is 8.56. The van der Waals surface area contributed by atoms with Gasteiger partial charge in [0.2, 0.25) is 0 Å². The van der Waals surface area contributed by atoms with Gasteiger partial charge < -0.3 is 9.15 Å². The average molecular weight is 264 g/mol. The van der Waals surface area contributed by atoms with Crippen molar-refractivity contribution >= 4 is 12.2 Å². The molecule has 18 heavy (non-hydrogen) atoms. The van der Waals surface area contributed by atoms with Crippen molar-refractivity contribution in [2.75, 3.05) is 0 Å². The molecule has 96 valence electrons. The third kappa shape index (κ3) is 2.98. The van der Waals surface area contributed by atoms with Crippen molar-refractivity contribution in [2.45, 2.75) is 33.3 Å². The van der Waals surface area contributed by atoms with E-state index in [0.717, 1.165) is 5.75 Å². The Labute approximate surface area is 111 Å². The van der Waals surface area contributed by atoms with E-state index in [1.807, 2.05) is 12.1 Å². The summed E-state index contributed by atoms with van der Waals surface area (Å²) in [6.07, 6.45) is 0. The van der Waals surface area contributed by atoms with Gasteiger partial charge in [-0.15, -0.1) is 5.10 Å². The minimum Gasteiger partial charge on any atom is -0.484 e. The number of hydrogen-bond donors (Lipinski definition) is 1. The molecule has 1 heterocycles. The Balaban J connectivity index is 2.06. The van der Waals surface area contributed by atoms with Crippen LogP contribution in [0.15, 0.2) is 22.6 Å². The molecule has 0 aliphatic heterocycles. The van der Waals surface area contributed by atoms with E-state index in [4.69, 9.17) is 21.4 Å². The van der Waals surface area contributed by atoms with Crippen LogP contribution in [-0.4, -0.2) is 10.2 Å². The Kier molecular flexibility index (Phi) is 3.81. The van der Waals surface area contributed by atoms with Gasteiger partial charge >= 0.3 is 0 Å². The summed E-state index contributed by atoms with van der Waals surface area (Å²) in [6, 6.07) is 6.08. The summed E-state index contributed by atoms with van der Waals surface area (Å²) in [5.74, 6) is 1.77. The third-order valence-corrected chi connectivity index (χ3v) is 2.88. The maximum atomic E-state index is 5.60. The second-order valence-electron chi connectivity index (χ2n) is 4.47. The van der Waals surface area contributed by atoms with E-state index in [1.165, 1.54) is 11.1 Å². The lowest BCUT2D eigenvalue weighted by molar-refractivity contribution is 0.261. The molecule has 4 nitrogen and oxygen atoms in total. The molecule has 1 aromatic carbocycles. The monoisotopic (exact) mass is 264 g/mol. The number of aryl methyl sites for hydroxylation is 1. The summed E-state index contributed by atoms with van der Waals surface area (Å²) < 4.78 is 10.7. The molecule has 1 aromatic heterocycles. The highest BCUT2D eigenvalue weighted by molar-refractivity contribution is 7.71. The molecule has 0 fully saturated rings. The van der Waals surface area contributed by atoms with E-state index in [9.17, 15) is 0 Å². The molecule has 0 atom stereocenters. The zero-order valence-corrected chi connectivity index (χ0v) is 11.5. The lowest BCUT2D eigenvalue weighted by Gasteiger charge is -2.11. The summed E-state index contributed by atoms with van der Waals surface area (Å²) in [5, 5.41) is 6.44.